The van der Waals surface area contributed by atoms with E-state index in [1.54, 1.807) is 12.2 Å². The van der Waals surface area contributed by atoms with Crippen molar-refractivity contribution in [1.29, 1.82) is 0 Å². The molecule has 0 N–H and O–H groups in total. The number of hydrogen-bond acceptors (Lipinski definition) is 1. The zero-order valence-corrected chi connectivity index (χ0v) is 10.8. The second-order valence-electron chi connectivity index (χ2n) is 4.99. The Bertz CT molecular complexity index is 754. The third-order valence-corrected chi connectivity index (χ3v) is 3.83. The van der Waals surface area contributed by atoms with Gasteiger partial charge in [0, 0.05) is 0 Å². The van der Waals surface area contributed by atoms with Gasteiger partial charge in [0.25, 0.3) is 0 Å². The molecule has 2 aromatic carbocycles. The van der Waals surface area contributed by atoms with Gasteiger partial charge in [-0.15, -0.1) is 0 Å². The Morgan fingerprint density at radius 1 is 0.550 bits per heavy atom. The van der Waals surface area contributed by atoms with E-state index in [0.717, 1.165) is 5.57 Å². The number of allylic oxidation sites excluding steroid dienone is 5. The van der Waals surface area contributed by atoms with E-state index in [1.165, 1.54) is 27.8 Å². The van der Waals surface area contributed by atoms with Crippen LogP contribution in [0.3, 0.4) is 0 Å². The van der Waals surface area contributed by atoms with Crippen LogP contribution < -0.4 is 0 Å². The van der Waals surface area contributed by atoms with Crippen LogP contribution >= 0.6 is 0 Å². The van der Waals surface area contributed by atoms with Crippen molar-refractivity contribution in [2.75, 3.05) is 0 Å². The van der Waals surface area contributed by atoms with Crippen LogP contribution in [0, 0.1) is 0 Å². The molecule has 0 atom stereocenters. The van der Waals surface area contributed by atoms with E-state index in [2.05, 4.69) is 48.5 Å². The fourth-order valence-electron chi connectivity index (χ4n) is 2.95. The van der Waals surface area contributed by atoms with Crippen LogP contribution in [0.2, 0.25) is 0 Å². The topological polar surface area (TPSA) is 17.1 Å². The van der Waals surface area contributed by atoms with Gasteiger partial charge >= 0.3 is 0 Å². The fourth-order valence-corrected chi connectivity index (χ4v) is 2.95. The highest BCUT2D eigenvalue weighted by Crippen LogP contribution is 2.45. The number of carbonyl (C=O) groups excluding carboxylic acids is 1. The minimum atomic E-state index is 0.0499. The summed E-state index contributed by atoms with van der Waals surface area (Å²) in [5, 5.41) is 0. The molecule has 0 aromatic heterocycles. The van der Waals surface area contributed by atoms with Crippen LogP contribution in [0.15, 0.2) is 78.4 Å². The Hall–Kier alpha value is -2.67. The lowest BCUT2D eigenvalue weighted by atomic mass is 9.95. The smallest absolute Gasteiger partial charge is 0.178 e. The van der Waals surface area contributed by atoms with Crippen molar-refractivity contribution in [3.63, 3.8) is 0 Å². The predicted octanol–water partition coefficient (Wildman–Crippen LogP) is 4.16. The van der Waals surface area contributed by atoms with Gasteiger partial charge in [-0.1, -0.05) is 60.7 Å². The van der Waals surface area contributed by atoms with E-state index >= 15 is 0 Å². The van der Waals surface area contributed by atoms with Crippen molar-refractivity contribution >= 4 is 11.4 Å². The molecule has 0 saturated carbocycles. The Morgan fingerprint density at radius 2 is 1.00 bits per heavy atom. The highest BCUT2D eigenvalue weighted by atomic mass is 16.1. The second kappa shape index (κ2) is 4.17. The number of carbonyl (C=O) groups is 1. The molecule has 0 aliphatic heterocycles. The third-order valence-electron chi connectivity index (χ3n) is 3.83. The molecule has 0 unspecified atom stereocenters. The molecular weight excluding hydrogens is 244 g/mol. The summed E-state index contributed by atoms with van der Waals surface area (Å²) < 4.78 is 0. The minimum absolute atomic E-state index is 0.0499. The number of ketones is 1. The van der Waals surface area contributed by atoms with Crippen molar-refractivity contribution in [3.05, 3.63) is 89.5 Å². The maximum Gasteiger partial charge on any atom is 0.178 e. The predicted molar refractivity (Wildman–Crippen MR) is 81.2 cm³/mol. The summed E-state index contributed by atoms with van der Waals surface area (Å²) in [4.78, 5) is 11.3. The molecule has 0 spiro atoms. The van der Waals surface area contributed by atoms with Gasteiger partial charge in [0.15, 0.2) is 5.78 Å². The number of hydrogen-bond donors (Lipinski definition) is 0. The molecule has 0 bridgehead atoms. The van der Waals surface area contributed by atoms with Crippen molar-refractivity contribution in [2.45, 2.75) is 0 Å². The Labute approximate surface area is 117 Å². The number of rotatable bonds is 0. The summed E-state index contributed by atoms with van der Waals surface area (Å²) in [7, 11) is 0. The van der Waals surface area contributed by atoms with Crippen LogP contribution in [0.25, 0.3) is 16.7 Å². The molecule has 1 nitrogen and oxygen atoms in total. The molecule has 1 heteroatoms. The van der Waals surface area contributed by atoms with E-state index in [4.69, 9.17) is 0 Å². The van der Waals surface area contributed by atoms with Crippen molar-refractivity contribution in [2.24, 2.45) is 0 Å². The van der Waals surface area contributed by atoms with E-state index in [1.807, 2.05) is 12.2 Å². The van der Waals surface area contributed by atoms with Crippen molar-refractivity contribution in [3.8, 4) is 11.1 Å². The molecular formula is C19H12O. The molecule has 0 amide bonds. The van der Waals surface area contributed by atoms with Crippen LogP contribution in [-0.2, 0) is 4.79 Å². The summed E-state index contributed by atoms with van der Waals surface area (Å²) in [5.74, 6) is 0.0499. The first kappa shape index (κ1) is 11.2. The van der Waals surface area contributed by atoms with Gasteiger partial charge in [-0.3, -0.25) is 4.79 Å². The summed E-state index contributed by atoms with van der Waals surface area (Å²) >= 11 is 0. The van der Waals surface area contributed by atoms with Crippen LogP contribution in [0.4, 0.5) is 0 Å². The van der Waals surface area contributed by atoms with E-state index in [0.29, 0.717) is 0 Å². The van der Waals surface area contributed by atoms with Gasteiger partial charge in [-0.2, -0.15) is 0 Å². The standard InChI is InChI=1S/C19H12O/c20-14-11-9-13(10-12-14)19-17-7-3-1-5-15(17)16-6-2-4-8-18(16)19/h1-12H. The maximum atomic E-state index is 11.3. The third kappa shape index (κ3) is 1.53. The zero-order valence-electron chi connectivity index (χ0n) is 10.8. The fraction of sp³-hybridized carbons (Fsp3) is 0. The molecule has 0 fully saturated rings. The van der Waals surface area contributed by atoms with Crippen LogP contribution in [-0.4, -0.2) is 5.78 Å². The quantitative estimate of drug-likeness (QED) is 0.590. The highest BCUT2D eigenvalue weighted by Gasteiger charge is 2.24. The second-order valence-corrected chi connectivity index (χ2v) is 4.99. The molecule has 94 valence electrons. The largest absolute Gasteiger partial charge is 0.290 e. The van der Waals surface area contributed by atoms with Gasteiger partial charge < -0.3 is 0 Å². The van der Waals surface area contributed by atoms with Crippen LogP contribution in [0.5, 0.6) is 0 Å². The molecule has 2 aromatic rings. The van der Waals surface area contributed by atoms with Gasteiger partial charge in [0.2, 0.25) is 0 Å². The highest BCUT2D eigenvalue weighted by molar-refractivity contribution is 6.07. The minimum Gasteiger partial charge on any atom is -0.290 e. The lowest BCUT2D eigenvalue weighted by Crippen LogP contribution is -1.94. The summed E-state index contributed by atoms with van der Waals surface area (Å²) in [6, 6.07) is 16.9. The average Bonchev–Trinajstić information content (AvgIpc) is 2.83. The molecule has 0 heterocycles. The van der Waals surface area contributed by atoms with E-state index in [-0.39, 0.29) is 5.78 Å². The summed E-state index contributed by atoms with van der Waals surface area (Å²) in [6.45, 7) is 0. The number of fused-ring (bicyclic) bond motifs is 3. The molecule has 20 heavy (non-hydrogen) atoms. The molecule has 0 radical (unpaired) electrons. The Balaban J connectivity index is 2.06. The van der Waals surface area contributed by atoms with Crippen molar-refractivity contribution in [1.82, 2.24) is 0 Å². The lowest BCUT2D eigenvalue weighted by molar-refractivity contribution is -0.110. The SMILES string of the molecule is O=C1C=CC(=C2c3ccccc3-c3ccccc32)C=C1. The average molecular weight is 256 g/mol. The Morgan fingerprint density at radius 3 is 1.50 bits per heavy atom. The maximum absolute atomic E-state index is 11.3. The normalized spacial score (nSPS) is 15.5. The van der Waals surface area contributed by atoms with E-state index < -0.39 is 0 Å². The zero-order chi connectivity index (χ0) is 13.5. The van der Waals surface area contributed by atoms with Gasteiger partial charge in [-0.05, 0) is 45.6 Å². The molecule has 0 saturated heterocycles. The van der Waals surface area contributed by atoms with E-state index in [9.17, 15) is 4.79 Å². The summed E-state index contributed by atoms with van der Waals surface area (Å²) in [6.07, 6.45) is 7.09. The lowest BCUT2D eigenvalue weighted by Gasteiger charge is -2.08. The van der Waals surface area contributed by atoms with Gasteiger partial charge in [0.05, 0.1) is 0 Å². The monoisotopic (exact) mass is 256 g/mol. The van der Waals surface area contributed by atoms with Gasteiger partial charge in [-0.25, -0.2) is 0 Å². The first-order valence-corrected chi connectivity index (χ1v) is 6.68. The number of benzene rings is 2. The summed E-state index contributed by atoms with van der Waals surface area (Å²) in [5.41, 5.74) is 7.34. The van der Waals surface area contributed by atoms with Crippen molar-refractivity contribution < 1.29 is 4.79 Å². The molecule has 4 rings (SSSR count). The first-order valence-electron chi connectivity index (χ1n) is 6.68. The van der Waals surface area contributed by atoms with Crippen LogP contribution in [0.1, 0.15) is 11.1 Å². The van der Waals surface area contributed by atoms with Gasteiger partial charge in [0.1, 0.15) is 0 Å². The Kier molecular flexibility index (Phi) is 2.33. The first-order chi connectivity index (χ1) is 9.84. The molecule has 2 aliphatic carbocycles. The molecule has 2 aliphatic rings.